The third-order valence-corrected chi connectivity index (χ3v) is 3.24. The van der Waals surface area contributed by atoms with Crippen LogP contribution in [0.15, 0.2) is 36.4 Å². The average Bonchev–Trinajstić information content (AvgIpc) is 2.57. The van der Waals surface area contributed by atoms with E-state index in [1.165, 1.54) is 6.07 Å². The summed E-state index contributed by atoms with van der Waals surface area (Å²) < 4.78 is 36.8. The number of nitro benzene ring substituents is 1. The molecule has 0 aliphatic rings. The summed E-state index contributed by atoms with van der Waals surface area (Å²) in [7, 11) is 0. The van der Waals surface area contributed by atoms with Crippen LogP contribution in [-0.4, -0.2) is 22.6 Å². The molecule has 10 heteroatoms. The number of carbonyl (C=O) groups excluding carboxylic acids is 1. The van der Waals surface area contributed by atoms with E-state index in [-0.39, 0.29) is 17.3 Å². The summed E-state index contributed by atoms with van der Waals surface area (Å²) in [5.41, 5.74) is -0.534. The van der Waals surface area contributed by atoms with Crippen molar-refractivity contribution in [3.8, 4) is 11.5 Å². The predicted molar refractivity (Wildman–Crippen MR) is 91.2 cm³/mol. The number of halogens is 2. The van der Waals surface area contributed by atoms with E-state index >= 15 is 0 Å². The van der Waals surface area contributed by atoms with Crippen molar-refractivity contribution in [1.82, 2.24) is 5.32 Å². The molecular formula is C16H12F2N2O5S. The maximum Gasteiger partial charge on any atom is 0.311 e. The highest BCUT2D eigenvalue weighted by Crippen LogP contribution is 2.33. The van der Waals surface area contributed by atoms with Gasteiger partial charge in [0.25, 0.3) is 11.1 Å². The highest BCUT2D eigenvalue weighted by molar-refractivity contribution is 7.80. The molecule has 0 aromatic heterocycles. The molecule has 0 heterocycles. The molecule has 0 bridgehead atoms. The minimum absolute atomic E-state index is 0.0322. The first kappa shape index (κ1) is 19.2. The lowest BCUT2D eigenvalue weighted by Crippen LogP contribution is -2.30. The Hall–Kier alpha value is -3.14. The minimum Gasteiger partial charge on any atom is -0.471 e. The van der Waals surface area contributed by atoms with Gasteiger partial charge in [0.05, 0.1) is 11.5 Å². The molecule has 0 radical (unpaired) electrons. The molecule has 26 heavy (non-hydrogen) atoms. The van der Waals surface area contributed by atoms with Crippen molar-refractivity contribution >= 4 is 29.0 Å². The van der Waals surface area contributed by atoms with Gasteiger partial charge in [0, 0.05) is 23.8 Å². The number of ether oxygens (including phenoxy) is 2. The number of nitrogens with one attached hydrogen (secondary N) is 1. The monoisotopic (exact) mass is 382 g/mol. The van der Waals surface area contributed by atoms with Crippen LogP contribution in [-0.2, 0) is 4.74 Å². The maximum absolute atomic E-state index is 13.7. The van der Waals surface area contributed by atoms with Gasteiger partial charge in [-0.15, -0.1) is 0 Å². The molecule has 1 amide bonds. The molecule has 0 spiro atoms. The zero-order chi connectivity index (χ0) is 19.3. The lowest BCUT2D eigenvalue weighted by atomic mass is 10.1. The lowest BCUT2D eigenvalue weighted by molar-refractivity contribution is -0.385. The molecule has 0 fully saturated rings. The van der Waals surface area contributed by atoms with Crippen molar-refractivity contribution < 1.29 is 28.0 Å². The first-order valence-corrected chi connectivity index (χ1v) is 7.62. The molecule has 2 aromatic rings. The molecule has 0 saturated heterocycles. The molecule has 136 valence electrons. The Morgan fingerprint density at radius 2 is 1.96 bits per heavy atom. The van der Waals surface area contributed by atoms with E-state index in [0.717, 1.165) is 24.3 Å². The highest BCUT2D eigenvalue weighted by atomic mass is 32.1. The van der Waals surface area contributed by atoms with E-state index < -0.39 is 39.7 Å². The Bertz CT molecular complexity index is 876. The standard InChI is InChI=1S/C16H12F2N2O5S/c1-2-24-16(26)19-15(21)9-3-5-12(20(22)23)14(7-9)25-13-6-4-10(17)8-11(13)18/h3-8H,2H2,1H3,(H,19,21,26). The molecule has 0 aliphatic heterocycles. The van der Waals surface area contributed by atoms with Gasteiger partial charge in [0.1, 0.15) is 5.82 Å². The summed E-state index contributed by atoms with van der Waals surface area (Å²) in [6.45, 7) is 1.92. The van der Waals surface area contributed by atoms with Crippen molar-refractivity contribution in [3.63, 3.8) is 0 Å². The Balaban J connectivity index is 2.35. The summed E-state index contributed by atoms with van der Waals surface area (Å²) in [6, 6.07) is 5.72. The Morgan fingerprint density at radius 3 is 2.58 bits per heavy atom. The Labute approximate surface area is 151 Å². The van der Waals surface area contributed by atoms with E-state index in [2.05, 4.69) is 5.32 Å². The Morgan fingerprint density at radius 1 is 1.23 bits per heavy atom. The zero-order valence-corrected chi connectivity index (χ0v) is 14.1. The topological polar surface area (TPSA) is 90.7 Å². The summed E-state index contributed by atoms with van der Waals surface area (Å²) in [5, 5.41) is 13.2. The third-order valence-electron chi connectivity index (χ3n) is 3.02. The molecule has 1 N–H and O–H groups in total. The van der Waals surface area contributed by atoms with Gasteiger partial charge >= 0.3 is 5.69 Å². The fourth-order valence-corrected chi connectivity index (χ4v) is 2.11. The normalized spacial score (nSPS) is 10.1. The summed E-state index contributed by atoms with van der Waals surface area (Å²) in [4.78, 5) is 22.5. The number of thiocarbonyl (C=S) groups is 1. The van der Waals surface area contributed by atoms with Crippen LogP contribution in [0, 0.1) is 21.7 Å². The summed E-state index contributed by atoms with van der Waals surface area (Å²) in [5.74, 6) is -3.40. The number of amides is 1. The first-order valence-electron chi connectivity index (χ1n) is 7.21. The van der Waals surface area contributed by atoms with Crippen molar-refractivity contribution in [2.24, 2.45) is 0 Å². The van der Waals surface area contributed by atoms with Gasteiger partial charge in [-0.3, -0.25) is 20.2 Å². The van der Waals surface area contributed by atoms with Gasteiger partial charge in [-0.25, -0.2) is 8.78 Å². The number of nitrogens with zero attached hydrogens (tertiary/aromatic N) is 1. The van der Waals surface area contributed by atoms with Crippen LogP contribution in [0.2, 0.25) is 0 Å². The van der Waals surface area contributed by atoms with Crippen LogP contribution in [0.4, 0.5) is 14.5 Å². The quantitative estimate of drug-likeness (QED) is 0.482. The van der Waals surface area contributed by atoms with Crippen molar-refractivity contribution in [1.29, 1.82) is 0 Å². The van der Waals surface area contributed by atoms with E-state index in [0.29, 0.717) is 6.07 Å². The SMILES string of the molecule is CCOC(=S)NC(=O)c1ccc([N+](=O)[O-])c(Oc2ccc(F)cc2F)c1. The van der Waals surface area contributed by atoms with E-state index in [1.54, 1.807) is 6.92 Å². The fourth-order valence-electron chi connectivity index (χ4n) is 1.90. The number of hydrogen-bond donors (Lipinski definition) is 1. The van der Waals surface area contributed by atoms with E-state index in [1.807, 2.05) is 0 Å². The molecule has 0 aliphatic carbocycles. The molecule has 7 nitrogen and oxygen atoms in total. The number of rotatable bonds is 5. The second-order valence-corrected chi connectivity index (χ2v) is 5.16. The number of benzene rings is 2. The second-order valence-electron chi connectivity index (χ2n) is 4.79. The van der Waals surface area contributed by atoms with Crippen molar-refractivity contribution in [2.75, 3.05) is 6.61 Å². The van der Waals surface area contributed by atoms with Crippen LogP contribution < -0.4 is 10.1 Å². The minimum atomic E-state index is -1.05. The van der Waals surface area contributed by atoms with Gasteiger partial charge in [-0.2, -0.15) is 0 Å². The predicted octanol–water partition coefficient (Wildman–Crippen LogP) is 3.72. The highest BCUT2D eigenvalue weighted by Gasteiger charge is 2.20. The van der Waals surface area contributed by atoms with Gasteiger partial charge in [-0.1, -0.05) is 0 Å². The van der Waals surface area contributed by atoms with Crippen molar-refractivity contribution in [3.05, 3.63) is 63.7 Å². The van der Waals surface area contributed by atoms with Crippen LogP contribution >= 0.6 is 12.2 Å². The Kier molecular flexibility index (Phi) is 6.12. The number of hydrogen-bond acceptors (Lipinski definition) is 6. The van der Waals surface area contributed by atoms with Crippen LogP contribution in [0.5, 0.6) is 11.5 Å². The van der Waals surface area contributed by atoms with Crippen LogP contribution in [0.3, 0.4) is 0 Å². The van der Waals surface area contributed by atoms with Gasteiger partial charge in [-0.05, 0) is 37.3 Å². The zero-order valence-electron chi connectivity index (χ0n) is 13.3. The lowest BCUT2D eigenvalue weighted by Gasteiger charge is -2.10. The van der Waals surface area contributed by atoms with Gasteiger partial charge in [0.15, 0.2) is 11.6 Å². The van der Waals surface area contributed by atoms with E-state index in [4.69, 9.17) is 21.7 Å². The van der Waals surface area contributed by atoms with Crippen molar-refractivity contribution in [2.45, 2.75) is 6.92 Å². The average molecular weight is 382 g/mol. The largest absolute Gasteiger partial charge is 0.471 e. The van der Waals surface area contributed by atoms with Crippen LogP contribution in [0.25, 0.3) is 0 Å². The van der Waals surface area contributed by atoms with Crippen LogP contribution in [0.1, 0.15) is 17.3 Å². The third kappa shape index (κ3) is 4.70. The second kappa shape index (κ2) is 8.30. The maximum atomic E-state index is 13.7. The smallest absolute Gasteiger partial charge is 0.311 e. The molecule has 2 aromatic carbocycles. The summed E-state index contributed by atoms with van der Waals surface area (Å²) >= 11 is 4.79. The number of carbonyl (C=O) groups is 1. The summed E-state index contributed by atoms with van der Waals surface area (Å²) in [6.07, 6.45) is 0. The first-order chi connectivity index (χ1) is 12.3. The van der Waals surface area contributed by atoms with Gasteiger partial charge in [0.2, 0.25) is 5.75 Å². The number of nitro groups is 1. The molecule has 0 unspecified atom stereocenters. The van der Waals surface area contributed by atoms with Gasteiger partial charge < -0.3 is 9.47 Å². The molecule has 0 atom stereocenters. The molecular weight excluding hydrogens is 370 g/mol. The molecule has 0 saturated carbocycles. The fraction of sp³-hybridized carbons (Fsp3) is 0.125. The molecule has 2 rings (SSSR count). The van der Waals surface area contributed by atoms with E-state index in [9.17, 15) is 23.7 Å².